The Labute approximate surface area is 245 Å². The molecule has 5 aromatic rings. The van der Waals surface area contributed by atoms with Gasteiger partial charge in [0.05, 0.1) is 27.4 Å². The maximum atomic E-state index is 15.1. The van der Waals surface area contributed by atoms with Crippen LogP contribution in [0.25, 0.3) is 20.8 Å². The summed E-state index contributed by atoms with van der Waals surface area (Å²) in [5.41, 5.74) is 9.03. The number of guanidine groups is 1. The molecular weight excluding hydrogens is 557 g/mol. The third-order valence-corrected chi connectivity index (χ3v) is 7.26. The molecule has 12 heteroatoms. The number of pyridine rings is 2. The lowest BCUT2D eigenvalue weighted by atomic mass is 10.2. The number of primary amides is 1. The van der Waals surface area contributed by atoms with Gasteiger partial charge in [-0.2, -0.15) is 0 Å². The number of ether oxygens (including phenoxy) is 2. The molecule has 10 nitrogen and oxygen atoms in total. The van der Waals surface area contributed by atoms with E-state index in [1.54, 1.807) is 43.6 Å². The van der Waals surface area contributed by atoms with E-state index in [9.17, 15) is 4.79 Å². The van der Waals surface area contributed by atoms with Gasteiger partial charge in [-0.15, -0.1) is 11.3 Å². The Bertz CT molecular complexity index is 1730. The fourth-order valence-corrected chi connectivity index (χ4v) is 5.10. The third kappa shape index (κ3) is 7.04. The van der Waals surface area contributed by atoms with Gasteiger partial charge in [-0.25, -0.2) is 4.39 Å². The molecule has 0 aliphatic heterocycles. The van der Waals surface area contributed by atoms with Crippen LogP contribution in [0, 0.1) is 11.2 Å². The minimum atomic E-state index is -0.610. The van der Waals surface area contributed by atoms with Crippen molar-refractivity contribution >= 4 is 44.8 Å². The van der Waals surface area contributed by atoms with E-state index >= 15 is 4.39 Å². The van der Waals surface area contributed by atoms with E-state index < -0.39 is 11.7 Å². The highest BCUT2D eigenvalue weighted by atomic mass is 32.1. The summed E-state index contributed by atoms with van der Waals surface area (Å²) in [6, 6.07) is 18.4. The average Bonchev–Trinajstić information content (AvgIpc) is 3.43. The molecule has 3 aromatic heterocycles. The third-order valence-electron chi connectivity index (χ3n) is 6.10. The molecule has 0 fully saturated rings. The van der Waals surface area contributed by atoms with E-state index in [2.05, 4.69) is 25.9 Å². The lowest BCUT2D eigenvalue weighted by Crippen LogP contribution is -2.21. The van der Waals surface area contributed by atoms with Crippen LogP contribution in [0.15, 0.2) is 79.1 Å². The molecule has 5 rings (SSSR count). The first-order chi connectivity index (χ1) is 20.4. The first kappa shape index (κ1) is 28.6. The van der Waals surface area contributed by atoms with E-state index in [0.29, 0.717) is 35.8 Å². The predicted molar refractivity (Wildman–Crippen MR) is 163 cm³/mol. The van der Waals surface area contributed by atoms with Crippen LogP contribution in [0.5, 0.6) is 11.5 Å². The number of fused-ring (bicyclic) bond motifs is 1. The normalized spacial score (nSPS) is 10.9. The summed E-state index contributed by atoms with van der Waals surface area (Å²) >= 11 is 1.47. The largest absolute Gasteiger partial charge is 0.453 e. The highest BCUT2D eigenvalue weighted by Gasteiger charge is 2.14. The monoisotopic (exact) mass is 585 g/mol. The van der Waals surface area contributed by atoms with Crippen molar-refractivity contribution in [2.75, 3.05) is 30.9 Å². The molecule has 0 spiro atoms. The molecular formula is C30H28FN7O3S. The molecule has 0 atom stereocenters. The number of rotatable bonds is 11. The standard InChI is InChI=1S/C30H28FN7O3S/c1-40-12-11-34-16-18-5-7-23(36-17-18)27-15-24-28(42-27)26(9-10-35-24)41-25-8-6-21(14-22(25)31)38-30(33)37-20-4-2-3-19(13-20)29(32)39/h2-10,13-15,17,34H,11-12,16H2,1H3,(H2,32,39)(H3,33,37,38). The number of amides is 1. The second-order valence-corrected chi connectivity index (χ2v) is 10.2. The van der Waals surface area contributed by atoms with Gasteiger partial charge in [-0.1, -0.05) is 12.1 Å². The number of nitrogens with one attached hydrogen (secondary N) is 4. The summed E-state index contributed by atoms with van der Waals surface area (Å²) < 4.78 is 26.8. The summed E-state index contributed by atoms with van der Waals surface area (Å²) in [5, 5.41) is 17.0. The van der Waals surface area contributed by atoms with Crippen molar-refractivity contribution in [2.45, 2.75) is 6.54 Å². The van der Waals surface area contributed by atoms with E-state index in [4.69, 9.17) is 20.6 Å². The van der Waals surface area contributed by atoms with Crippen molar-refractivity contribution in [1.82, 2.24) is 15.3 Å². The number of nitrogens with zero attached hydrogens (tertiary/aromatic N) is 2. The highest BCUT2D eigenvalue weighted by molar-refractivity contribution is 7.22. The number of carbonyl (C=O) groups excluding carboxylic acids is 1. The maximum Gasteiger partial charge on any atom is 0.248 e. The fraction of sp³-hybridized carbons (Fsp3) is 0.133. The molecule has 1 amide bonds. The van der Waals surface area contributed by atoms with E-state index in [1.807, 2.05) is 24.4 Å². The number of aromatic nitrogens is 2. The minimum absolute atomic E-state index is 0.0279. The van der Waals surface area contributed by atoms with E-state index in [0.717, 1.165) is 32.9 Å². The number of hydrogen-bond acceptors (Lipinski definition) is 8. The van der Waals surface area contributed by atoms with Gasteiger partial charge in [0.1, 0.15) is 5.75 Å². The van der Waals surface area contributed by atoms with Crippen molar-refractivity contribution in [3.8, 4) is 22.1 Å². The summed E-state index contributed by atoms with van der Waals surface area (Å²) in [5.74, 6) is -0.801. The number of methoxy groups -OCH3 is 1. The number of hydrogen-bond donors (Lipinski definition) is 5. The van der Waals surface area contributed by atoms with Gasteiger partial charge < -0.3 is 31.2 Å². The topological polar surface area (TPSA) is 147 Å². The number of carbonyl (C=O) groups is 1. The maximum absolute atomic E-state index is 15.1. The van der Waals surface area contributed by atoms with E-state index in [1.165, 1.54) is 29.5 Å². The highest BCUT2D eigenvalue weighted by Crippen LogP contribution is 2.39. The Morgan fingerprint density at radius 2 is 1.86 bits per heavy atom. The molecule has 0 aliphatic rings. The van der Waals surface area contributed by atoms with Crippen LogP contribution >= 0.6 is 11.3 Å². The summed E-state index contributed by atoms with van der Waals surface area (Å²) in [6.45, 7) is 2.11. The Hall–Kier alpha value is -4.91. The molecule has 214 valence electrons. The van der Waals surface area contributed by atoms with Crippen LogP contribution in [-0.2, 0) is 11.3 Å². The van der Waals surface area contributed by atoms with Crippen LogP contribution in [0.2, 0.25) is 0 Å². The zero-order valence-corrected chi connectivity index (χ0v) is 23.4. The van der Waals surface area contributed by atoms with Gasteiger partial charge in [0.15, 0.2) is 17.5 Å². The smallest absolute Gasteiger partial charge is 0.248 e. The molecule has 0 unspecified atom stereocenters. The first-order valence-corrected chi connectivity index (χ1v) is 13.7. The van der Waals surface area contributed by atoms with Crippen LogP contribution in [0.4, 0.5) is 15.8 Å². The van der Waals surface area contributed by atoms with E-state index in [-0.39, 0.29) is 11.7 Å². The molecule has 2 aromatic carbocycles. The Morgan fingerprint density at radius 1 is 1.02 bits per heavy atom. The van der Waals surface area contributed by atoms with Gasteiger partial charge in [0, 0.05) is 61.7 Å². The zero-order chi connectivity index (χ0) is 29.5. The van der Waals surface area contributed by atoms with Crippen molar-refractivity contribution in [1.29, 1.82) is 5.41 Å². The fourth-order valence-electron chi connectivity index (χ4n) is 4.05. The van der Waals surface area contributed by atoms with Crippen LogP contribution < -0.4 is 26.4 Å². The van der Waals surface area contributed by atoms with Gasteiger partial charge in [0.2, 0.25) is 5.91 Å². The van der Waals surface area contributed by atoms with Crippen molar-refractivity contribution < 1.29 is 18.7 Å². The predicted octanol–water partition coefficient (Wildman–Crippen LogP) is 5.58. The molecule has 0 aliphatic carbocycles. The zero-order valence-electron chi connectivity index (χ0n) is 22.6. The van der Waals surface area contributed by atoms with Crippen molar-refractivity contribution in [2.24, 2.45) is 5.73 Å². The minimum Gasteiger partial charge on any atom is -0.453 e. The first-order valence-electron chi connectivity index (χ1n) is 12.9. The average molecular weight is 586 g/mol. The van der Waals surface area contributed by atoms with Gasteiger partial charge in [-0.3, -0.25) is 20.2 Å². The van der Waals surface area contributed by atoms with Crippen LogP contribution in [0.1, 0.15) is 15.9 Å². The summed E-state index contributed by atoms with van der Waals surface area (Å²) in [4.78, 5) is 21.4. The molecule has 3 heterocycles. The summed E-state index contributed by atoms with van der Waals surface area (Å²) in [7, 11) is 1.67. The molecule has 6 N–H and O–H groups in total. The second-order valence-electron chi connectivity index (χ2n) is 9.17. The number of benzene rings is 2. The molecule has 0 saturated heterocycles. The Balaban J connectivity index is 1.26. The number of thiophene rings is 1. The number of halogens is 1. The number of nitrogens with two attached hydrogens (primary N) is 1. The molecule has 42 heavy (non-hydrogen) atoms. The van der Waals surface area contributed by atoms with Crippen LogP contribution in [0.3, 0.4) is 0 Å². The molecule has 0 saturated carbocycles. The molecule has 0 radical (unpaired) electrons. The van der Waals surface area contributed by atoms with Crippen LogP contribution in [-0.4, -0.2) is 42.1 Å². The number of anilines is 2. The SMILES string of the molecule is COCCNCc1ccc(-c2cc3nccc(Oc4ccc(NC(=N)Nc5cccc(C(N)=O)c5)cc4F)c3s2)nc1. The Morgan fingerprint density at radius 3 is 2.60 bits per heavy atom. The second kappa shape index (κ2) is 13.2. The van der Waals surface area contributed by atoms with Gasteiger partial charge in [-0.05, 0) is 48.0 Å². The van der Waals surface area contributed by atoms with Gasteiger partial charge in [0.25, 0.3) is 0 Å². The summed E-state index contributed by atoms with van der Waals surface area (Å²) in [6.07, 6.45) is 3.45. The Kier molecular flexibility index (Phi) is 8.97. The lowest BCUT2D eigenvalue weighted by Gasteiger charge is -2.13. The quantitative estimate of drug-likeness (QED) is 0.0767. The molecule has 0 bridgehead atoms. The van der Waals surface area contributed by atoms with Crippen molar-refractivity contribution in [3.05, 3.63) is 96.1 Å². The van der Waals surface area contributed by atoms with Crippen molar-refractivity contribution in [3.63, 3.8) is 0 Å². The van der Waals surface area contributed by atoms with Gasteiger partial charge >= 0.3 is 0 Å². The lowest BCUT2D eigenvalue weighted by molar-refractivity contribution is 0.100.